The van der Waals surface area contributed by atoms with Crippen LogP contribution in [-0.2, 0) is 11.3 Å². The van der Waals surface area contributed by atoms with Crippen LogP contribution in [0.5, 0.6) is 0 Å². The minimum atomic E-state index is -0.262. The van der Waals surface area contributed by atoms with Gasteiger partial charge in [0.1, 0.15) is 5.69 Å². The van der Waals surface area contributed by atoms with E-state index in [1.54, 1.807) is 6.08 Å². The molecule has 3 heteroatoms. The first-order valence-electron chi connectivity index (χ1n) is 6.26. The van der Waals surface area contributed by atoms with Gasteiger partial charge in [-0.15, -0.1) is 6.58 Å². The second-order valence-corrected chi connectivity index (χ2v) is 4.11. The van der Waals surface area contributed by atoms with E-state index in [-0.39, 0.29) is 5.97 Å². The van der Waals surface area contributed by atoms with Crippen molar-refractivity contribution in [2.45, 2.75) is 33.2 Å². The van der Waals surface area contributed by atoms with Crippen molar-refractivity contribution in [3.8, 4) is 0 Å². The molecule has 0 saturated heterocycles. The van der Waals surface area contributed by atoms with Gasteiger partial charge in [-0.2, -0.15) is 0 Å². The summed E-state index contributed by atoms with van der Waals surface area (Å²) in [6.45, 7) is 12.4. The number of carbonyl (C=O) groups is 1. The van der Waals surface area contributed by atoms with Crippen LogP contribution in [0.2, 0.25) is 0 Å². The zero-order valence-electron chi connectivity index (χ0n) is 11.2. The van der Waals surface area contributed by atoms with E-state index >= 15 is 0 Å². The highest BCUT2D eigenvalue weighted by molar-refractivity contribution is 5.90. The molecule has 0 aliphatic rings. The number of nitrogens with zero attached hydrogens (tertiary/aromatic N) is 1. The standard InChI is InChI=1S/C15H21NO2/c1-5-8-9-10-16-13(6-2)11-12(4)14(16)15(17)18-7-3/h5-6,11H,1-2,7-10H2,3-4H3. The lowest BCUT2D eigenvalue weighted by atomic mass is 10.2. The topological polar surface area (TPSA) is 31.2 Å². The van der Waals surface area contributed by atoms with E-state index in [4.69, 9.17) is 4.74 Å². The molecule has 0 aliphatic heterocycles. The summed E-state index contributed by atoms with van der Waals surface area (Å²) in [7, 11) is 0. The van der Waals surface area contributed by atoms with Crippen LogP contribution in [0.1, 0.15) is 41.5 Å². The second-order valence-electron chi connectivity index (χ2n) is 4.11. The number of allylic oxidation sites excluding steroid dienone is 1. The van der Waals surface area contributed by atoms with Crippen molar-refractivity contribution >= 4 is 12.0 Å². The number of esters is 1. The molecule has 3 nitrogen and oxygen atoms in total. The van der Waals surface area contributed by atoms with Gasteiger partial charge < -0.3 is 9.30 Å². The summed E-state index contributed by atoms with van der Waals surface area (Å²) >= 11 is 0. The van der Waals surface area contributed by atoms with E-state index in [9.17, 15) is 4.79 Å². The first-order chi connectivity index (χ1) is 8.65. The number of unbranched alkanes of at least 4 members (excludes halogenated alkanes) is 1. The lowest BCUT2D eigenvalue weighted by molar-refractivity contribution is 0.0512. The van der Waals surface area contributed by atoms with Crippen LogP contribution in [0, 0.1) is 6.92 Å². The summed E-state index contributed by atoms with van der Waals surface area (Å²) in [5.74, 6) is -0.262. The highest BCUT2D eigenvalue weighted by atomic mass is 16.5. The maximum Gasteiger partial charge on any atom is 0.355 e. The second kappa shape index (κ2) is 6.84. The Kier molecular flexibility index (Phi) is 5.43. The summed E-state index contributed by atoms with van der Waals surface area (Å²) in [5.41, 5.74) is 2.53. The van der Waals surface area contributed by atoms with Crippen LogP contribution in [0.25, 0.3) is 6.08 Å². The van der Waals surface area contributed by atoms with E-state index in [1.807, 2.05) is 30.6 Å². The summed E-state index contributed by atoms with van der Waals surface area (Å²) in [6, 6.07) is 1.97. The van der Waals surface area contributed by atoms with E-state index in [0.29, 0.717) is 12.3 Å². The Hall–Kier alpha value is -1.77. The summed E-state index contributed by atoms with van der Waals surface area (Å²) in [5, 5.41) is 0. The van der Waals surface area contributed by atoms with E-state index in [1.165, 1.54) is 0 Å². The highest BCUT2D eigenvalue weighted by Gasteiger charge is 2.18. The van der Waals surface area contributed by atoms with Crippen molar-refractivity contribution in [1.82, 2.24) is 4.57 Å². The smallest absolute Gasteiger partial charge is 0.355 e. The molecule has 0 saturated carbocycles. The Morgan fingerprint density at radius 1 is 1.50 bits per heavy atom. The number of hydrogen-bond donors (Lipinski definition) is 0. The van der Waals surface area contributed by atoms with Gasteiger partial charge in [-0.3, -0.25) is 0 Å². The molecule has 0 aromatic carbocycles. The van der Waals surface area contributed by atoms with Gasteiger partial charge in [0.05, 0.1) is 6.61 Å². The minimum Gasteiger partial charge on any atom is -0.461 e. The Morgan fingerprint density at radius 3 is 2.78 bits per heavy atom. The van der Waals surface area contributed by atoms with Crippen molar-refractivity contribution in [3.63, 3.8) is 0 Å². The SMILES string of the molecule is C=CCCCn1c(C=C)cc(C)c1C(=O)OCC. The van der Waals surface area contributed by atoms with Gasteiger partial charge in [-0.05, 0) is 44.4 Å². The van der Waals surface area contributed by atoms with Gasteiger partial charge in [-0.1, -0.05) is 12.7 Å². The molecule has 0 fully saturated rings. The molecule has 0 aliphatic carbocycles. The van der Waals surface area contributed by atoms with Gasteiger partial charge in [0.15, 0.2) is 0 Å². The largest absolute Gasteiger partial charge is 0.461 e. The number of hydrogen-bond acceptors (Lipinski definition) is 2. The monoisotopic (exact) mass is 247 g/mol. The van der Waals surface area contributed by atoms with E-state index in [2.05, 4.69) is 13.2 Å². The van der Waals surface area contributed by atoms with Crippen LogP contribution in [0.15, 0.2) is 25.3 Å². The Bertz CT molecular complexity index is 444. The molecule has 1 aromatic rings. The first kappa shape index (κ1) is 14.3. The molecule has 1 rings (SSSR count). The van der Waals surface area contributed by atoms with Gasteiger partial charge in [0.2, 0.25) is 0 Å². The van der Waals surface area contributed by atoms with Crippen molar-refractivity contribution in [3.05, 3.63) is 42.3 Å². The Balaban J connectivity index is 3.05. The molecule has 0 amide bonds. The number of aryl methyl sites for hydroxylation is 1. The maximum atomic E-state index is 12.0. The molecule has 1 aromatic heterocycles. The van der Waals surface area contributed by atoms with Crippen LogP contribution < -0.4 is 0 Å². The molecule has 18 heavy (non-hydrogen) atoms. The van der Waals surface area contributed by atoms with E-state index in [0.717, 1.165) is 30.6 Å². The fourth-order valence-corrected chi connectivity index (χ4v) is 1.98. The van der Waals surface area contributed by atoms with Gasteiger partial charge in [-0.25, -0.2) is 4.79 Å². The number of aromatic nitrogens is 1. The third kappa shape index (κ3) is 3.13. The Labute approximate surface area is 109 Å². The molecule has 0 bridgehead atoms. The lowest BCUT2D eigenvalue weighted by Crippen LogP contribution is -2.14. The summed E-state index contributed by atoms with van der Waals surface area (Å²) in [4.78, 5) is 12.0. The summed E-state index contributed by atoms with van der Waals surface area (Å²) in [6.07, 6.45) is 5.53. The minimum absolute atomic E-state index is 0.262. The zero-order chi connectivity index (χ0) is 13.5. The predicted octanol–water partition coefficient (Wildman–Crippen LogP) is 3.58. The van der Waals surface area contributed by atoms with Crippen molar-refractivity contribution in [2.75, 3.05) is 6.61 Å². The lowest BCUT2D eigenvalue weighted by Gasteiger charge is -2.11. The normalized spacial score (nSPS) is 10.1. The molecular weight excluding hydrogens is 226 g/mol. The number of carbonyl (C=O) groups excluding carboxylic acids is 1. The molecular formula is C15H21NO2. The highest BCUT2D eigenvalue weighted by Crippen LogP contribution is 2.19. The maximum absolute atomic E-state index is 12.0. The quantitative estimate of drug-likeness (QED) is 0.419. The van der Waals surface area contributed by atoms with Gasteiger partial charge in [0.25, 0.3) is 0 Å². The van der Waals surface area contributed by atoms with Gasteiger partial charge >= 0.3 is 5.97 Å². The fraction of sp³-hybridized carbons (Fsp3) is 0.400. The van der Waals surface area contributed by atoms with Crippen LogP contribution in [-0.4, -0.2) is 17.1 Å². The molecule has 98 valence electrons. The van der Waals surface area contributed by atoms with Crippen LogP contribution in [0.4, 0.5) is 0 Å². The molecule has 0 unspecified atom stereocenters. The molecule has 0 N–H and O–H groups in total. The van der Waals surface area contributed by atoms with Crippen molar-refractivity contribution in [2.24, 2.45) is 0 Å². The fourth-order valence-electron chi connectivity index (χ4n) is 1.98. The van der Waals surface area contributed by atoms with Crippen LogP contribution in [0.3, 0.4) is 0 Å². The average Bonchev–Trinajstić information content (AvgIpc) is 2.66. The molecule has 0 atom stereocenters. The van der Waals surface area contributed by atoms with E-state index < -0.39 is 0 Å². The zero-order valence-corrected chi connectivity index (χ0v) is 11.2. The van der Waals surface area contributed by atoms with Gasteiger partial charge in [0, 0.05) is 12.2 Å². The average molecular weight is 247 g/mol. The van der Waals surface area contributed by atoms with Crippen molar-refractivity contribution < 1.29 is 9.53 Å². The third-order valence-electron chi connectivity index (χ3n) is 2.79. The predicted molar refractivity (Wildman–Crippen MR) is 74.6 cm³/mol. The molecule has 0 radical (unpaired) electrons. The first-order valence-corrected chi connectivity index (χ1v) is 6.26. The van der Waals surface area contributed by atoms with Crippen molar-refractivity contribution in [1.29, 1.82) is 0 Å². The number of ether oxygens (including phenoxy) is 1. The molecule has 1 heterocycles. The Morgan fingerprint density at radius 2 is 2.22 bits per heavy atom. The number of rotatable bonds is 7. The third-order valence-corrected chi connectivity index (χ3v) is 2.79. The van der Waals surface area contributed by atoms with Crippen LogP contribution >= 0.6 is 0 Å². The molecule has 0 spiro atoms. The summed E-state index contributed by atoms with van der Waals surface area (Å²) < 4.78 is 7.08.